The predicted molar refractivity (Wildman–Crippen MR) is 79.8 cm³/mol. The smallest absolute Gasteiger partial charge is 0.289 e. The third kappa shape index (κ3) is 3.01. The third-order valence-electron chi connectivity index (χ3n) is 3.77. The van der Waals surface area contributed by atoms with Gasteiger partial charge in [-0.3, -0.25) is 10.1 Å². The number of sulfonamides is 1. The van der Waals surface area contributed by atoms with Crippen molar-refractivity contribution in [3.8, 4) is 0 Å². The molecule has 1 saturated heterocycles. The summed E-state index contributed by atoms with van der Waals surface area (Å²) in [6, 6.07) is 3.92. The highest BCUT2D eigenvalue weighted by Crippen LogP contribution is 2.32. The molecule has 1 heterocycles. The van der Waals surface area contributed by atoms with Crippen LogP contribution in [0.5, 0.6) is 0 Å². The van der Waals surface area contributed by atoms with Crippen molar-refractivity contribution in [2.75, 3.05) is 18.9 Å². The van der Waals surface area contributed by atoms with Crippen LogP contribution in [-0.4, -0.2) is 37.3 Å². The van der Waals surface area contributed by atoms with Gasteiger partial charge in [0.15, 0.2) is 4.90 Å². The number of anilines is 1. The van der Waals surface area contributed by atoms with Crippen LogP contribution in [0.3, 0.4) is 0 Å². The van der Waals surface area contributed by atoms with Gasteiger partial charge in [-0.25, -0.2) is 8.42 Å². The molecule has 2 rings (SSSR count). The van der Waals surface area contributed by atoms with Crippen molar-refractivity contribution in [3.05, 3.63) is 28.3 Å². The predicted octanol–water partition coefficient (Wildman–Crippen LogP) is 2.20. The molecule has 1 aliphatic heterocycles. The second-order valence-corrected chi connectivity index (χ2v) is 7.01. The van der Waals surface area contributed by atoms with E-state index >= 15 is 0 Å². The highest BCUT2D eigenvalue weighted by atomic mass is 32.2. The SMILES string of the molecule is CNc1ccc([N+](=O)[O-])c(S(=O)(=O)N2CCCCC2C)c1. The van der Waals surface area contributed by atoms with Gasteiger partial charge in [0, 0.05) is 31.4 Å². The van der Waals surface area contributed by atoms with Crippen LogP contribution in [0.2, 0.25) is 0 Å². The number of nitro groups is 1. The molecule has 21 heavy (non-hydrogen) atoms. The van der Waals surface area contributed by atoms with E-state index < -0.39 is 14.9 Å². The standard InChI is InChI=1S/C13H19N3O4S/c1-10-5-3-4-8-15(10)21(19,20)13-9-11(14-2)6-7-12(13)16(17)18/h6-7,9-10,14H,3-5,8H2,1-2H3. The molecule has 0 saturated carbocycles. The minimum absolute atomic E-state index is 0.137. The maximum Gasteiger partial charge on any atom is 0.289 e. The van der Waals surface area contributed by atoms with Gasteiger partial charge >= 0.3 is 0 Å². The largest absolute Gasteiger partial charge is 0.388 e. The summed E-state index contributed by atoms with van der Waals surface area (Å²) in [5.41, 5.74) is 0.149. The van der Waals surface area contributed by atoms with Crippen LogP contribution >= 0.6 is 0 Å². The van der Waals surface area contributed by atoms with Crippen molar-refractivity contribution in [2.24, 2.45) is 0 Å². The van der Waals surface area contributed by atoms with Crippen LogP contribution < -0.4 is 5.32 Å². The van der Waals surface area contributed by atoms with E-state index in [0.717, 1.165) is 19.3 Å². The Kier molecular flexibility index (Phi) is 4.48. The lowest BCUT2D eigenvalue weighted by atomic mass is 10.1. The van der Waals surface area contributed by atoms with Gasteiger partial charge in [-0.2, -0.15) is 4.31 Å². The molecular formula is C13H19N3O4S. The van der Waals surface area contributed by atoms with Crippen molar-refractivity contribution < 1.29 is 13.3 Å². The number of nitrogens with zero attached hydrogens (tertiary/aromatic N) is 2. The lowest BCUT2D eigenvalue weighted by Gasteiger charge is -2.32. The van der Waals surface area contributed by atoms with E-state index in [1.165, 1.54) is 22.5 Å². The zero-order chi connectivity index (χ0) is 15.6. The van der Waals surface area contributed by atoms with Crippen molar-refractivity contribution in [1.29, 1.82) is 0 Å². The van der Waals surface area contributed by atoms with Crippen LogP contribution in [0.4, 0.5) is 11.4 Å². The molecule has 1 aromatic rings. The minimum Gasteiger partial charge on any atom is -0.388 e. The molecule has 0 amide bonds. The highest BCUT2D eigenvalue weighted by molar-refractivity contribution is 7.89. The van der Waals surface area contributed by atoms with E-state index in [1.54, 1.807) is 7.05 Å². The first-order valence-corrected chi connectivity index (χ1v) is 8.30. The molecule has 0 radical (unpaired) electrons. The fraction of sp³-hybridized carbons (Fsp3) is 0.538. The fourth-order valence-corrected chi connectivity index (χ4v) is 4.47. The summed E-state index contributed by atoms with van der Waals surface area (Å²) in [4.78, 5) is 10.2. The minimum atomic E-state index is -3.87. The Labute approximate surface area is 124 Å². The van der Waals surface area contributed by atoms with Gasteiger partial charge in [-0.15, -0.1) is 0 Å². The van der Waals surface area contributed by atoms with Crippen molar-refractivity contribution in [3.63, 3.8) is 0 Å². The summed E-state index contributed by atoms with van der Waals surface area (Å²) >= 11 is 0. The Hall–Kier alpha value is -1.67. The van der Waals surface area contributed by atoms with Crippen molar-refractivity contribution in [1.82, 2.24) is 4.31 Å². The molecule has 0 aliphatic carbocycles. The van der Waals surface area contributed by atoms with Gasteiger partial charge in [0.1, 0.15) is 0 Å². The molecule has 8 heteroatoms. The molecule has 1 N–H and O–H groups in total. The van der Waals surface area contributed by atoms with E-state index in [0.29, 0.717) is 12.2 Å². The van der Waals surface area contributed by atoms with Crippen molar-refractivity contribution >= 4 is 21.4 Å². The lowest BCUT2D eigenvalue weighted by molar-refractivity contribution is -0.387. The Morgan fingerprint density at radius 1 is 1.38 bits per heavy atom. The second kappa shape index (κ2) is 5.98. The number of nitro benzene ring substituents is 1. The van der Waals surface area contributed by atoms with Gasteiger partial charge in [-0.05, 0) is 31.9 Å². The summed E-state index contributed by atoms with van der Waals surface area (Å²) in [7, 11) is -2.23. The summed E-state index contributed by atoms with van der Waals surface area (Å²) in [6.07, 6.45) is 2.54. The molecule has 1 atom stereocenters. The Morgan fingerprint density at radius 2 is 2.10 bits per heavy atom. The Morgan fingerprint density at radius 3 is 2.67 bits per heavy atom. The van der Waals surface area contributed by atoms with Crippen LogP contribution in [0.25, 0.3) is 0 Å². The molecular weight excluding hydrogens is 294 g/mol. The van der Waals surface area contributed by atoms with E-state index in [2.05, 4.69) is 5.32 Å². The van der Waals surface area contributed by atoms with E-state index in [9.17, 15) is 18.5 Å². The number of benzene rings is 1. The van der Waals surface area contributed by atoms with E-state index in [-0.39, 0.29) is 16.6 Å². The Bertz CT molecular complexity index is 645. The van der Waals surface area contributed by atoms with Crippen LogP contribution in [0.15, 0.2) is 23.1 Å². The third-order valence-corrected chi connectivity index (χ3v) is 5.82. The average Bonchev–Trinajstić information content (AvgIpc) is 2.46. The molecule has 0 bridgehead atoms. The molecule has 116 valence electrons. The number of piperidine rings is 1. The summed E-state index contributed by atoms with van der Waals surface area (Å²) < 4.78 is 26.9. The van der Waals surface area contributed by atoms with Crippen LogP contribution in [-0.2, 0) is 10.0 Å². The van der Waals surface area contributed by atoms with Crippen molar-refractivity contribution in [2.45, 2.75) is 37.1 Å². The molecule has 1 aliphatic rings. The summed E-state index contributed by atoms with van der Waals surface area (Å²) in [5, 5.41) is 13.9. The maximum atomic E-state index is 12.8. The molecule has 1 fully saturated rings. The molecule has 0 spiro atoms. The monoisotopic (exact) mass is 313 g/mol. The zero-order valence-electron chi connectivity index (χ0n) is 12.1. The van der Waals surface area contributed by atoms with E-state index in [4.69, 9.17) is 0 Å². The average molecular weight is 313 g/mol. The maximum absolute atomic E-state index is 12.8. The van der Waals surface area contributed by atoms with Gasteiger partial charge in [0.2, 0.25) is 10.0 Å². The number of hydrogen-bond donors (Lipinski definition) is 1. The van der Waals surface area contributed by atoms with Gasteiger partial charge in [-0.1, -0.05) is 6.42 Å². The first kappa shape index (κ1) is 15.7. The topological polar surface area (TPSA) is 92.5 Å². The quantitative estimate of drug-likeness (QED) is 0.679. The molecule has 0 aromatic heterocycles. The first-order valence-electron chi connectivity index (χ1n) is 6.86. The van der Waals surface area contributed by atoms with Crippen LogP contribution in [0.1, 0.15) is 26.2 Å². The van der Waals surface area contributed by atoms with Gasteiger partial charge < -0.3 is 5.32 Å². The second-order valence-electron chi connectivity index (χ2n) is 5.15. The number of rotatable bonds is 4. The van der Waals surface area contributed by atoms with Crippen LogP contribution in [0, 0.1) is 10.1 Å². The Balaban J connectivity index is 2.54. The molecule has 1 unspecified atom stereocenters. The first-order chi connectivity index (χ1) is 9.87. The number of hydrogen-bond acceptors (Lipinski definition) is 5. The molecule has 1 aromatic carbocycles. The van der Waals surface area contributed by atoms with E-state index in [1.807, 2.05) is 6.92 Å². The zero-order valence-corrected chi connectivity index (χ0v) is 12.9. The lowest BCUT2D eigenvalue weighted by Crippen LogP contribution is -2.42. The van der Waals surface area contributed by atoms with Gasteiger partial charge in [0.25, 0.3) is 5.69 Å². The number of nitrogens with one attached hydrogen (secondary N) is 1. The normalized spacial score (nSPS) is 20.2. The molecule has 7 nitrogen and oxygen atoms in total. The van der Waals surface area contributed by atoms with Gasteiger partial charge in [0.05, 0.1) is 4.92 Å². The fourth-order valence-electron chi connectivity index (χ4n) is 2.58. The summed E-state index contributed by atoms with van der Waals surface area (Å²) in [6.45, 7) is 2.24. The summed E-state index contributed by atoms with van der Waals surface area (Å²) in [5.74, 6) is 0. The highest BCUT2D eigenvalue weighted by Gasteiger charge is 2.35.